The lowest BCUT2D eigenvalue weighted by molar-refractivity contribution is -0.138. The number of ether oxygens (including phenoxy) is 1. The van der Waals surface area contributed by atoms with E-state index < -0.39 is 6.04 Å². The molecular weight excluding hydrogens is 324 g/mol. The molecule has 0 spiro atoms. The summed E-state index contributed by atoms with van der Waals surface area (Å²) in [4.78, 5) is 25.1. The number of nitrogens with zero attached hydrogens (tertiary/aromatic N) is 1. The number of methoxy groups -OCH3 is 1. The number of benzene rings is 1. The van der Waals surface area contributed by atoms with Crippen molar-refractivity contribution in [2.75, 3.05) is 19.0 Å². The highest BCUT2D eigenvalue weighted by atomic mass is 79.9. The minimum atomic E-state index is -0.493. The molecule has 1 N–H and O–H groups in total. The van der Waals surface area contributed by atoms with Gasteiger partial charge < -0.3 is 10.1 Å². The van der Waals surface area contributed by atoms with E-state index in [-0.39, 0.29) is 18.2 Å². The smallest absolute Gasteiger partial charge is 0.252 e. The summed E-state index contributed by atoms with van der Waals surface area (Å²) in [7, 11) is 1.62. The molecule has 1 aromatic carbocycles. The highest BCUT2D eigenvalue weighted by Crippen LogP contribution is 2.27. The lowest BCUT2D eigenvalue weighted by Crippen LogP contribution is -2.34. The molecule has 0 radical (unpaired) electrons. The van der Waals surface area contributed by atoms with Crippen LogP contribution >= 0.6 is 15.9 Å². The third kappa shape index (κ3) is 2.86. The van der Waals surface area contributed by atoms with Crippen molar-refractivity contribution in [3.05, 3.63) is 28.2 Å². The van der Waals surface area contributed by atoms with Gasteiger partial charge in [0.15, 0.2) is 0 Å². The number of nitrogens with one attached hydrogen (secondary N) is 1. The van der Waals surface area contributed by atoms with Crippen LogP contribution in [0.15, 0.2) is 22.7 Å². The Labute approximate surface area is 126 Å². The average Bonchev–Trinajstić information content (AvgIpc) is 2.68. The fourth-order valence-electron chi connectivity index (χ4n) is 2.30. The van der Waals surface area contributed by atoms with Crippen molar-refractivity contribution in [3.63, 3.8) is 0 Å². The van der Waals surface area contributed by atoms with Gasteiger partial charge in [-0.1, -0.05) is 22.0 Å². The molecule has 1 saturated heterocycles. The predicted molar refractivity (Wildman–Crippen MR) is 79.3 cm³/mol. The maximum atomic E-state index is 12.1. The first-order valence-electron chi connectivity index (χ1n) is 6.45. The molecule has 1 fully saturated rings. The molecule has 0 saturated carbocycles. The van der Waals surface area contributed by atoms with Crippen LogP contribution < -0.4 is 5.32 Å². The zero-order valence-corrected chi connectivity index (χ0v) is 13.1. The summed E-state index contributed by atoms with van der Waals surface area (Å²) in [6.07, 6.45) is 0.200. The Morgan fingerprint density at radius 3 is 2.80 bits per heavy atom. The van der Waals surface area contributed by atoms with E-state index in [0.717, 1.165) is 15.7 Å². The van der Waals surface area contributed by atoms with Gasteiger partial charge in [0.25, 0.3) is 5.91 Å². The second-order valence-electron chi connectivity index (χ2n) is 4.58. The lowest BCUT2D eigenvalue weighted by atomic mass is 10.1. The zero-order valence-electron chi connectivity index (χ0n) is 11.5. The van der Waals surface area contributed by atoms with Crippen LogP contribution in [0.25, 0.3) is 0 Å². The Kier molecular flexibility index (Phi) is 4.77. The van der Waals surface area contributed by atoms with Crippen LogP contribution in [0.5, 0.6) is 0 Å². The van der Waals surface area contributed by atoms with Crippen LogP contribution in [0.4, 0.5) is 5.69 Å². The summed E-state index contributed by atoms with van der Waals surface area (Å²) in [5.41, 5.74) is 1.75. The highest BCUT2D eigenvalue weighted by Gasteiger charge is 2.37. The van der Waals surface area contributed by atoms with E-state index in [1.54, 1.807) is 14.0 Å². The fraction of sp³-hybridized carbons (Fsp3) is 0.429. The molecular formula is C14H17BrN2O3. The van der Waals surface area contributed by atoms with Crippen LogP contribution in [-0.4, -0.2) is 36.4 Å². The highest BCUT2D eigenvalue weighted by molar-refractivity contribution is 9.10. The third-order valence-corrected chi connectivity index (χ3v) is 4.04. The van der Waals surface area contributed by atoms with Gasteiger partial charge in [-0.3, -0.25) is 14.5 Å². The number of halogens is 1. The molecule has 2 amide bonds. The van der Waals surface area contributed by atoms with Gasteiger partial charge in [-0.2, -0.15) is 0 Å². The molecule has 1 unspecified atom stereocenters. The average molecular weight is 341 g/mol. The first-order valence-corrected chi connectivity index (χ1v) is 7.24. The largest absolute Gasteiger partial charge is 0.380 e. The monoisotopic (exact) mass is 340 g/mol. The molecule has 1 aliphatic heterocycles. The van der Waals surface area contributed by atoms with E-state index in [0.29, 0.717) is 13.2 Å². The van der Waals surface area contributed by atoms with Crippen LogP contribution in [0, 0.1) is 0 Å². The first kappa shape index (κ1) is 15.0. The van der Waals surface area contributed by atoms with Gasteiger partial charge in [-0.15, -0.1) is 0 Å². The molecule has 1 atom stereocenters. The molecule has 1 aromatic rings. The second kappa shape index (κ2) is 6.37. The van der Waals surface area contributed by atoms with Crippen LogP contribution in [0.2, 0.25) is 0 Å². The van der Waals surface area contributed by atoms with Crippen LogP contribution in [0.3, 0.4) is 0 Å². The van der Waals surface area contributed by atoms with E-state index in [9.17, 15) is 9.59 Å². The molecule has 5 nitrogen and oxygen atoms in total. The van der Waals surface area contributed by atoms with Crippen molar-refractivity contribution in [1.82, 2.24) is 4.90 Å². The fourth-order valence-corrected chi connectivity index (χ4v) is 2.78. The second-order valence-corrected chi connectivity index (χ2v) is 5.43. The van der Waals surface area contributed by atoms with Crippen LogP contribution in [0.1, 0.15) is 18.9 Å². The van der Waals surface area contributed by atoms with Gasteiger partial charge in [-0.25, -0.2) is 0 Å². The van der Waals surface area contributed by atoms with E-state index >= 15 is 0 Å². The van der Waals surface area contributed by atoms with Crippen molar-refractivity contribution in [1.29, 1.82) is 0 Å². The number of amides is 2. The van der Waals surface area contributed by atoms with E-state index in [1.165, 1.54) is 4.90 Å². The number of carbonyl (C=O) groups is 2. The van der Waals surface area contributed by atoms with Crippen molar-refractivity contribution in [2.45, 2.75) is 26.0 Å². The van der Waals surface area contributed by atoms with E-state index in [4.69, 9.17) is 4.74 Å². The molecule has 0 aromatic heterocycles. The van der Waals surface area contributed by atoms with Gasteiger partial charge >= 0.3 is 0 Å². The van der Waals surface area contributed by atoms with Crippen LogP contribution in [-0.2, 0) is 20.9 Å². The molecule has 0 bridgehead atoms. The number of anilines is 1. The van der Waals surface area contributed by atoms with E-state index in [1.807, 2.05) is 18.2 Å². The summed E-state index contributed by atoms with van der Waals surface area (Å²) in [5, 5.41) is 3.16. The Bertz CT molecular complexity index is 533. The quantitative estimate of drug-likeness (QED) is 0.834. The number of rotatable bonds is 5. The number of hydrogen-bond acceptors (Lipinski definition) is 4. The van der Waals surface area contributed by atoms with Crippen molar-refractivity contribution in [2.24, 2.45) is 0 Å². The normalized spacial score (nSPS) is 18.8. The lowest BCUT2D eigenvalue weighted by Gasteiger charge is -2.17. The Morgan fingerprint density at radius 1 is 1.45 bits per heavy atom. The zero-order chi connectivity index (χ0) is 14.7. The molecule has 2 rings (SSSR count). The summed E-state index contributed by atoms with van der Waals surface area (Å²) < 4.78 is 6.08. The maximum absolute atomic E-state index is 12.1. The number of carbonyl (C=O) groups excluding carboxylic acids is 2. The SMILES string of the molecule is CCN1C(=O)CC(Nc2cccc(Br)c2COC)C1=O. The minimum Gasteiger partial charge on any atom is -0.380 e. The van der Waals surface area contributed by atoms with Gasteiger partial charge in [0, 0.05) is 29.4 Å². The minimum absolute atomic E-state index is 0.127. The van der Waals surface area contributed by atoms with Gasteiger partial charge in [0.2, 0.25) is 5.91 Å². The van der Waals surface area contributed by atoms with Gasteiger partial charge in [0.05, 0.1) is 13.0 Å². The van der Waals surface area contributed by atoms with Crippen molar-refractivity contribution < 1.29 is 14.3 Å². The van der Waals surface area contributed by atoms with Gasteiger partial charge in [0.1, 0.15) is 6.04 Å². The molecule has 1 heterocycles. The number of hydrogen-bond donors (Lipinski definition) is 1. The van der Waals surface area contributed by atoms with E-state index in [2.05, 4.69) is 21.2 Å². The van der Waals surface area contributed by atoms with Crippen molar-refractivity contribution in [3.8, 4) is 0 Å². The number of likely N-dealkylation sites (N-methyl/N-ethyl adjacent to an activating group) is 1. The Balaban J connectivity index is 2.21. The number of imide groups is 1. The summed E-state index contributed by atoms with van der Waals surface area (Å²) in [6.45, 7) is 2.64. The Hall–Kier alpha value is -1.40. The molecule has 108 valence electrons. The predicted octanol–water partition coefficient (Wildman–Crippen LogP) is 2.15. The maximum Gasteiger partial charge on any atom is 0.252 e. The molecule has 1 aliphatic rings. The van der Waals surface area contributed by atoms with Gasteiger partial charge in [-0.05, 0) is 19.1 Å². The first-order chi connectivity index (χ1) is 9.58. The molecule has 20 heavy (non-hydrogen) atoms. The Morgan fingerprint density at radius 2 is 2.20 bits per heavy atom. The summed E-state index contributed by atoms with van der Waals surface area (Å²) >= 11 is 3.47. The molecule has 0 aliphatic carbocycles. The topological polar surface area (TPSA) is 58.6 Å². The number of likely N-dealkylation sites (tertiary alicyclic amines) is 1. The van der Waals surface area contributed by atoms with Crippen molar-refractivity contribution >= 4 is 33.4 Å². The summed E-state index contributed by atoms with van der Waals surface area (Å²) in [6, 6.07) is 5.18. The standard InChI is InChI=1S/C14H17BrN2O3/c1-3-17-13(18)7-12(14(17)19)16-11-6-4-5-10(15)9(11)8-20-2/h4-6,12,16H,3,7-8H2,1-2H3. The third-order valence-electron chi connectivity index (χ3n) is 3.30. The molecule has 6 heteroatoms. The summed E-state index contributed by atoms with van der Waals surface area (Å²) in [5.74, 6) is -0.292.